The molecule has 10 heteroatoms. The zero-order valence-electron chi connectivity index (χ0n) is 19.1. The number of para-hydroxylation sites is 1. The third-order valence-corrected chi connectivity index (χ3v) is 8.47. The van der Waals surface area contributed by atoms with Gasteiger partial charge in [-0.25, -0.2) is 22.8 Å². The lowest BCUT2D eigenvalue weighted by atomic mass is 10.1. The van der Waals surface area contributed by atoms with Crippen molar-refractivity contribution in [3.05, 3.63) is 60.2 Å². The number of rotatable bonds is 5. The van der Waals surface area contributed by atoms with E-state index in [1.165, 1.54) is 28.6 Å². The van der Waals surface area contributed by atoms with Crippen molar-refractivity contribution < 1.29 is 17.5 Å². The Labute approximate surface area is 199 Å². The first-order valence-electron chi connectivity index (χ1n) is 11.5. The molecule has 0 amide bonds. The molecule has 2 saturated heterocycles. The van der Waals surface area contributed by atoms with Crippen LogP contribution >= 0.6 is 0 Å². The molecule has 5 rings (SSSR count). The highest BCUT2D eigenvalue weighted by molar-refractivity contribution is 7.89. The Kier molecular flexibility index (Phi) is 6.48. The molecular weight excluding hydrogens is 457 g/mol. The highest BCUT2D eigenvalue weighted by Crippen LogP contribution is 2.29. The summed E-state index contributed by atoms with van der Waals surface area (Å²) in [6, 6.07) is 12.9. The fraction of sp³-hybridized carbons (Fsp3) is 0.417. The summed E-state index contributed by atoms with van der Waals surface area (Å²) in [6.45, 7) is 6.82. The topological polar surface area (TPSA) is 78.9 Å². The van der Waals surface area contributed by atoms with Crippen LogP contribution in [-0.2, 0) is 14.8 Å². The second kappa shape index (κ2) is 9.53. The summed E-state index contributed by atoms with van der Waals surface area (Å²) >= 11 is 0. The van der Waals surface area contributed by atoms with Crippen LogP contribution in [0, 0.1) is 5.82 Å². The summed E-state index contributed by atoms with van der Waals surface area (Å²) in [6.07, 6.45) is 0. The number of halogens is 1. The van der Waals surface area contributed by atoms with Crippen LogP contribution in [0.2, 0.25) is 0 Å². The molecular formula is C24H28FN5O3S. The maximum atomic E-state index is 13.2. The van der Waals surface area contributed by atoms with Gasteiger partial charge in [-0.05, 0) is 43.3 Å². The summed E-state index contributed by atoms with van der Waals surface area (Å²) in [5.74, 6) is 1.20. The van der Waals surface area contributed by atoms with E-state index in [1.54, 1.807) is 0 Å². The molecule has 2 fully saturated rings. The fourth-order valence-electron chi connectivity index (χ4n) is 4.53. The Balaban J connectivity index is 1.35. The molecule has 0 bridgehead atoms. The summed E-state index contributed by atoms with van der Waals surface area (Å²) in [5, 5.41) is 1.02. The number of piperazine rings is 1. The summed E-state index contributed by atoms with van der Waals surface area (Å²) in [4.78, 5) is 14.4. The van der Waals surface area contributed by atoms with E-state index in [2.05, 4.69) is 16.7 Å². The zero-order valence-corrected chi connectivity index (χ0v) is 19.9. The lowest BCUT2D eigenvalue weighted by Gasteiger charge is -2.37. The molecule has 0 N–H and O–H groups in total. The standard InChI is InChI=1S/C24H28FN5O3S/c1-18(28-10-12-30(13-11-28)34(31,32)20-8-6-19(25)7-9-20)23-26-22-5-3-2-4-21(22)24(27-23)29-14-16-33-17-15-29/h2-9,18H,10-17H2,1H3/t18-/m0/s1. The number of fused-ring (bicyclic) bond motifs is 1. The van der Waals surface area contributed by atoms with Gasteiger partial charge in [-0.15, -0.1) is 0 Å². The predicted molar refractivity (Wildman–Crippen MR) is 128 cm³/mol. The van der Waals surface area contributed by atoms with Crippen LogP contribution in [0.4, 0.5) is 10.2 Å². The normalized spacial score (nSPS) is 19.4. The van der Waals surface area contributed by atoms with Crippen molar-refractivity contribution in [1.82, 2.24) is 19.2 Å². The van der Waals surface area contributed by atoms with Crippen molar-refractivity contribution in [2.45, 2.75) is 17.9 Å². The minimum Gasteiger partial charge on any atom is -0.378 e. The largest absolute Gasteiger partial charge is 0.378 e. The molecule has 0 unspecified atom stereocenters. The molecule has 8 nitrogen and oxygen atoms in total. The number of morpholine rings is 1. The van der Waals surface area contributed by atoms with Gasteiger partial charge in [0.25, 0.3) is 0 Å². The van der Waals surface area contributed by atoms with Crippen molar-refractivity contribution >= 4 is 26.7 Å². The second-order valence-corrected chi connectivity index (χ2v) is 10.5. The molecule has 0 spiro atoms. The number of aromatic nitrogens is 2. The van der Waals surface area contributed by atoms with E-state index in [0.29, 0.717) is 39.4 Å². The van der Waals surface area contributed by atoms with Crippen molar-refractivity contribution in [1.29, 1.82) is 0 Å². The Morgan fingerprint density at radius 1 is 0.912 bits per heavy atom. The highest BCUT2D eigenvalue weighted by Gasteiger charge is 2.31. The van der Waals surface area contributed by atoms with Crippen molar-refractivity contribution in [2.75, 3.05) is 57.4 Å². The monoisotopic (exact) mass is 485 g/mol. The van der Waals surface area contributed by atoms with E-state index in [4.69, 9.17) is 14.7 Å². The van der Waals surface area contributed by atoms with Gasteiger partial charge in [0.15, 0.2) is 0 Å². The Hall–Kier alpha value is -2.66. The molecule has 34 heavy (non-hydrogen) atoms. The van der Waals surface area contributed by atoms with Gasteiger partial charge >= 0.3 is 0 Å². The third-order valence-electron chi connectivity index (χ3n) is 6.56. The highest BCUT2D eigenvalue weighted by atomic mass is 32.2. The van der Waals surface area contributed by atoms with Crippen molar-refractivity contribution in [3.63, 3.8) is 0 Å². The van der Waals surface area contributed by atoms with Gasteiger partial charge in [-0.2, -0.15) is 4.31 Å². The quantitative estimate of drug-likeness (QED) is 0.550. The molecule has 1 atom stereocenters. The molecule has 0 radical (unpaired) electrons. The van der Waals surface area contributed by atoms with Crippen molar-refractivity contribution in [2.24, 2.45) is 0 Å². The van der Waals surface area contributed by atoms with Crippen LogP contribution in [0.1, 0.15) is 18.8 Å². The first-order chi connectivity index (χ1) is 16.4. The van der Waals surface area contributed by atoms with E-state index in [-0.39, 0.29) is 10.9 Å². The van der Waals surface area contributed by atoms with E-state index < -0.39 is 15.8 Å². The second-order valence-electron chi connectivity index (χ2n) is 8.59. The summed E-state index contributed by atoms with van der Waals surface area (Å²) in [7, 11) is -3.65. The molecule has 3 aromatic rings. The molecule has 2 aliphatic heterocycles. The Bertz CT molecular complexity index is 1260. The number of ether oxygens (including phenoxy) is 1. The molecule has 180 valence electrons. The summed E-state index contributed by atoms with van der Waals surface area (Å²) < 4.78 is 46.1. The average molecular weight is 486 g/mol. The van der Waals surface area contributed by atoms with Gasteiger partial charge in [0.05, 0.1) is 29.7 Å². The first kappa shape index (κ1) is 23.1. The number of hydrogen-bond acceptors (Lipinski definition) is 7. The lowest BCUT2D eigenvalue weighted by Crippen LogP contribution is -2.49. The van der Waals surface area contributed by atoms with Gasteiger partial charge < -0.3 is 9.64 Å². The SMILES string of the molecule is C[C@@H](c1nc(N2CCOCC2)c2ccccc2n1)N1CCN(S(=O)(=O)c2ccc(F)cc2)CC1. The van der Waals surface area contributed by atoms with Crippen LogP contribution < -0.4 is 4.90 Å². The maximum Gasteiger partial charge on any atom is 0.243 e. The van der Waals surface area contributed by atoms with Gasteiger partial charge in [0.2, 0.25) is 10.0 Å². The fourth-order valence-corrected chi connectivity index (χ4v) is 5.95. The number of sulfonamides is 1. The summed E-state index contributed by atoms with van der Waals surface area (Å²) in [5.41, 5.74) is 0.901. The molecule has 2 aliphatic rings. The van der Waals surface area contributed by atoms with E-state index in [9.17, 15) is 12.8 Å². The predicted octanol–water partition coefficient (Wildman–Crippen LogP) is 2.67. The van der Waals surface area contributed by atoms with Gasteiger partial charge in [0, 0.05) is 44.7 Å². The third kappa shape index (κ3) is 4.50. The van der Waals surface area contributed by atoms with Crippen LogP contribution in [0.3, 0.4) is 0 Å². The van der Waals surface area contributed by atoms with E-state index in [1.807, 2.05) is 24.3 Å². The zero-order chi connectivity index (χ0) is 23.7. The minimum atomic E-state index is -3.65. The number of nitrogens with zero attached hydrogens (tertiary/aromatic N) is 5. The molecule has 0 saturated carbocycles. The van der Waals surface area contributed by atoms with Gasteiger partial charge in [0.1, 0.15) is 17.5 Å². The lowest BCUT2D eigenvalue weighted by molar-refractivity contribution is 0.122. The van der Waals surface area contributed by atoms with Gasteiger partial charge in [-0.3, -0.25) is 4.90 Å². The molecule has 0 aliphatic carbocycles. The van der Waals surface area contributed by atoms with Crippen LogP contribution in [0.25, 0.3) is 10.9 Å². The van der Waals surface area contributed by atoms with Crippen molar-refractivity contribution in [3.8, 4) is 0 Å². The average Bonchev–Trinajstić information content (AvgIpc) is 2.88. The number of hydrogen-bond donors (Lipinski definition) is 0. The first-order valence-corrected chi connectivity index (χ1v) is 13.0. The molecule has 3 heterocycles. The smallest absolute Gasteiger partial charge is 0.243 e. The van der Waals surface area contributed by atoms with Crippen LogP contribution in [0.5, 0.6) is 0 Å². The van der Waals surface area contributed by atoms with Crippen LogP contribution in [-0.4, -0.2) is 80.1 Å². The maximum absolute atomic E-state index is 13.2. The number of anilines is 1. The number of benzene rings is 2. The molecule has 1 aromatic heterocycles. The Morgan fingerprint density at radius 3 is 2.29 bits per heavy atom. The van der Waals surface area contributed by atoms with Gasteiger partial charge in [-0.1, -0.05) is 12.1 Å². The van der Waals surface area contributed by atoms with E-state index in [0.717, 1.165) is 35.6 Å². The minimum absolute atomic E-state index is 0.0694. The molecule has 2 aromatic carbocycles. The van der Waals surface area contributed by atoms with Crippen LogP contribution in [0.15, 0.2) is 53.4 Å². The Morgan fingerprint density at radius 2 is 1.59 bits per heavy atom. The van der Waals surface area contributed by atoms with E-state index >= 15 is 0 Å².